The summed E-state index contributed by atoms with van der Waals surface area (Å²) in [5.41, 5.74) is -2.18. The van der Waals surface area contributed by atoms with Gasteiger partial charge in [0.2, 0.25) is 0 Å². The summed E-state index contributed by atoms with van der Waals surface area (Å²) in [7, 11) is 0. The van der Waals surface area contributed by atoms with Gasteiger partial charge in [0.1, 0.15) is 17.4 Å². The monoisotopic (exact) mass is 568 g/mol. The number of nitriles is 1. The molecule has 1 saturated carbocycles. The number of amides is 3. The van der Waals surface area contributed by atoms with Gasteiger partial charge in [0.15, 0.2) is 5.69 Å². The lowest BCUT2D eigenvalue weighted by molar-refractivity contribution is -0.138. The van der Waals surface area contributed by atoms with Crippen molar-refractivity contribution in [3.05, 3.63) is 65.7 Å². The Labute approximate surface area is 234 Å². The maximum absolute atomic E-state index is 13.7. The quantitative estimate of drug-likeness (QED) is 0.546. The number of nitrogens with zero attached hydrogens (tertiary/aromatic N) is 6. The summed E-state index contributed by atoms with van der Waals surface area (Å²) in [5.74, 6) is -0.476. The molecule has 5 rings (SSSR count). The largest absolute Gasteiger partial charge is 0.450 e. The Kier molecular flexibility index (Phi) is 7.10. The highest BCUT2D eigenvalue weighted by Crippen LogP contribution is 2.50. The SMILES string of the molecule is C=C1N(c2cnc(C#N)c(C(F)(F)F)c2)C(=O)C2(CCC2)N1c1ccc(C(=O)N2CCN(C(=O)OCC)CC2)cc1. The summed E-state index contributed by atoms with van der Waals surface area (Å²) in [5, 5.41) is 9.09. The highest BCUT2D eigenvalue weighted by molar-refractivity contribution is 6.11. The van der Waals surface area contributed by atoms with Crippen LogP contribution >= 0.6 is 0 Å². The van der Waals surface area contributed by atoms with Crippen molar-refractivity contribution in [1.82, 2.24) is 14.8 Å². The van der Waals surface area contributed by atoms with Crippen molar-refractivity contribution in [1.29, 1.82) is 5.26 Å². The molecule has 3 fully saturated rings. The van der Waals surface area contributed by atoms with E-state index in [1.807, 2.05) is 0 Å². The van der Waals surface area contributed by atoms with Crippen LogP contribution in [0.4, 0.5) is 29.3 Å². The van der Waals surface area contributed by atoms with Crippen LogP contribution in [0.5, 0.6) is 0 Å². The van der Waals surface area contributed by atoms with Crippen LogP contribution in [0.25, 0.3) is 0 Å². The minimum absolute atomic E-state index is 0.131. The Bertz CT molecular complexity index is 1440. The molecule has 3 amide bonds. The van der Waals surface area contributed by atoms with Gasteiger partial charge in [-0.25, -0.2) is 9.78 Å². The van der Waals surface area contributed by atoms with Crippen LogP contribution < -0.4 is 9.80 Å². The van der Waals surface area contributed by atoms with Crippen molar-refractivity contribution < 1.29 is 32.3 Å². The normalized spacial score (nSPS) is 18.4. The second-order valence-corrected chi connectivity index (χ2v) is 10.0. The maximum atomic E-state index is 13.7. The molecule has 0 unspecified atom stereocenters. The third kappa shape index (κ3) is 4.73. The van der Waals surface area contributed by atoms with Crippen LogP contribution in [0.2, 0.25) is 0 Å². The summed E-state index contributed by atoms with van der Waals surface area (Å²) in [6, 6.07) is 8.82. The van der Waals surface area contributed by atoms with Crippen LogP contribution in [-0.4, -0.2) is 71.0 Å². The van der Waals surface area contributed by atoms with E-state index in [4.69, 9.17) is 10.00 Å². The topological polar surface area (TPSA) is 110 Å². The molecule has 3 heterocycles. The average Bonchev–Trinajstić information content (AvgIpc) is 3.18. The summed E-state index contributed by atoms with van der Waals surface area (Å²) in [4.78, 5) is 48.4. The van der Waals surface area contributed by atoms with E-state index in [2.05, 4.69) is 11.6 Å². The first-order valence-electron chi connectivity index (χ1n) is 13.1. The lowest BCUT2D eigenvalue weighted by Crippen LogP contribution is -2.54. The predicted octanol–water partition coefficient (Wildman–Crippen LogP) is 4.13. The zero-order valence-corrected chi connectivity index (χ0v) is 22.3. The van der Waals surface area contributed by atoms with Crippen molar-refractivity contribution in [2.45, 2.75) is 37.9 Å². The number of carbonyl (C=O) groups is 3. The zero-order chi connectivity index (χ0) is 29.5. The van der Waals surface area contributed by atoms with E-state index >= 15 is 0 Å². The molecular weight excluding hydrogens is 541 g/mol. The number of hydrogen-bond acceptors (Lipinski definition) is 7. The molecule has 0 atom stereocenters. The van der Waals surface area contributed by atoms with Crippen molar-refractivity contribution in [2.24, 2.45) is 0 Å². The molecule has 1 aromatic carbocycles. The zero-order valence-electron chi connectivity index (χ0n) is 22.3. The second kappa shape index (κ2) is 10.4. The average molecular weight is 569 g/mol. The van der Waals surface area contributed by atoms with Crippen LogP contribution in [0.3, 0.4) is 0 Å². The van der Waals surface area contributed by atoms with E-state index in [0.717, 1.165) is 23.6 Å². The van der Waals surface area contributed by atoms with E-state index < -0.39 is 35.0 Å². The molecule has 0 N–H and O–H groups in total. The second-order valence-electron chi connectivity index (χ2n) is 10.0. The Morgan fingerprint density at radius 3 is 2.27 bits per heavy atom. The molecule has 1 aliphatic carbocycles. The minimum Gasteiger partial charge on any atom is -0.450 e. The fraction of sp³-hybridized carbons (Fsp3) is 0.393. The van der Waals surface area contributed by atoms with Crippen molar-refractivity contribution in [3.63, 3.8) is 0 Å². The molecule has 2 saturated heterocycles. The fourth-order valence-electron chi connectivity index (χ4n) is 5.50. The van der Waals surface area contributed by atoms with Gasteiger partial charge < -0.3 is 19.4 Å². The molecule has 214 valence electrons. The number of alkyl halides is 3. The Hall–Kier alpha value is -4.60. The summed E-state index contributed by atoms with van der Waals surface area (Å²) in [6.07, 6.45) is -2.48. The molecule has 0 radical (unpaired) electrons. The predicted molar refractivity (Wildman–Crippen MR) is 141 cm³/mol. The third-order valence-corrected chi connectivity index (χ3v) is 7.73. The summed E-state index contributed by atoms with van der Waals surface area (Å²) < 4.78 is 45.8. The molecule has 0 bridgehead atoms. The first kappa shape index (κ1) is 27.9. The van der Waals surface area contributed by atoms with Gasteiger partial charge in [-0.1, -0.05) is 6.58 Å². The van der Waals surface area contributed by atoms with Gasteiger partial charge in [-0.15, -0.1) is 0 Å². The third-order valence-electron chi connectivity index (χ3n) is 7.73. The number of hydrogen-bond donors (Lipinski definition) is 0. The summed E-state index contributed by atoms with van der Waals surface area (Å²) in [6.45, 7) is 7.47. The molecule has 13 heteroatoms. The van der Waals surface area contributed by atoms with E-state index in [1.54, 1.807) is 45.9 Å². The number of aromatic nitrogens is 1. The number of rotatable bonds is 4. The summed E-state index contributed by atoms with van der Waals surface area (Å²) >= 11 is 0. The van der Waals surface area contributed by atoms with E-state index in [9.17, 15) is 27.6 Å². The number of benzene rings is 1. The molecule has 1 spiro atoms. The van der Waals surface area contributed by atoms with Gasteiger partial charge in [-0.2, -0.15) is 18.4 Å². The highest BCUT2D eigenvalue weighted by atomic mass is 19.4. The van der Waals surface area contributed by atoms with E-state index in [-0.39, 0.29) is 24.0 Å². The Balaban J connectivity index is 1.37. The molecule has 2 aliphatic heterocycles. The van der Waals surface area contributed by atoms with E-state index in [1.165, 1.54) is 6.07 Å². The van der Waals surface area contributed by atoms with Gasteiger partial charge in [-0.3, -0.25) is 14.5 Å². The van der Waals surface area contributed by atoms with Crippen molar-refractivity contribution >= 4 is 29.3 Å². The van der Waals surface area contributed by atoms with Crippen LogP contribution in [-0.2, 0) is 15.7 Å². The Morgan fingerprint density at radius 2 is 1.73 bits per heavy atom. The van der Waals surface area contributed by atoms with Crippen LogP contribution in [0.1, 0.15) is 47.8 Å². The van der Waals surface area contributed by atoms with Gasteiger partial charge in [0.05, 0.1) is 24.1 Å². The number of carbonyl (C=O) groups excluding carboxylic acids is 3. The van der Waals surface area contributed by atoms with E-state index in [0.29, 0.717) is 50.3 Å². The lowest BCUT2D eigenvalue weighted by Gasteiger charge is -2.43. The van der Waals surface area contributed by atoms with Gasteiger partial charge in [0.25, 0.3) is 11.8 Å². The van der Waals surface area contributed by atoms with Gasteiger partial charge in [-0.05, 0) is 56.5 Å². The van der Waals surface area contributed by atoms with Gasteiger partial charge in [0, 0.05) is 37.4 Å². The maximum Gasteiger partial charge on any atom is 0.419 e. The molecular formula is C28H27F3N6O4. The molecule has 3 aliphatic rings. The fourth-order valence-corrected chi connectivity index (χ4v) is 5.50. The number of piperazine rings is 1. The number of pyridine rings is 1. The molecule has 41 heavy (non-hydrogen) atoms. The highest BCUT2D eigenvalue weighted by Gasteiger charge is 2.59. The first-order valence-corrected chi connectivity index (χ1v) is 13.1. The van der Waals surface area contributed by atoms with Gasteiger partial charge >= 0.3 is 12.3 Å². The van der Waals surface area contributed by atoms with Crippen molar-refractivity contribution in [2.75, 3.05) is 42.6 Å². The van der Waals surface area contributed by atoms with Crippen LogP contribution in [0, 0.1) is 11.3 Å². The standard InChI is InChI=1S/C28H27F3N6O4/c1-3-41-26(40)35-13-11-34(12-14-35)24(38)19-5-7-20(8-6-19)37-18(2)36(25(39)27(37)9-4-10-27)21-15-22(28(29,30)31)23(16-32)33-17-21/h5-8,15,17H,2-4,9-14H2,1H3. The smallest absolute Gasteiger partial charge is 0.419 e. The first-order chi connectivity index (χ1) is 19.5. The lowest BCUT2D eigenvalue weighted by atomic mass is 9.75. The Morgan fingerprint density at radius 1 is 1.10 bits per heavy atom. The number of anilines is 2. The minimum atomic E-state index is -4.83. The number of halogens is 3. The van der Waals surface area contributed by atoms with Crippen LogP contribution in [0.15, 0.2) is 48.9 Å². The molecule has 1 aromatic heterocycles. The van der Waals surface area contributed by atoms with Crippen molar-refractivity contribution in [3.8, 4) is 6.07 Å². The molecule has 10 nitrogen and oxygen atoms in total. The number of ether oxygens (including phenoxy) is 1. The molecule has 2 aromatic rings.